The lowest BCUT2D eigenvalue weighted by Crippen LogP contribution is -2.21. The SMILES string of the molecule is Cc1cccc2cc(C(=O)Nc3ccccc3C3CCC(=O)N3)[nH]c12. The average molecular weight is 333 g/mol. The fourth-order valence-corrected chi connectivity index (χ4v) is 3.38. The quantitative estimate of drug-likeness (QED) is 0.684. The van der Waals surface area contributed by atoms with Gasteiger partial charge in [0.25, 0.3) is 5.91 Å². The first-order chi connectivity index (χ1) is 12.1. The summed E-state index contributed by atoms with van der Waals surface area (Å²) < 4.78 is 0. The summed E-state index contributed by atoms with van der Waals surface area (Å²) in [5.74, 6) is -0.135. The number of anilines is 1. The molecule has 0 saturated carbocycles. The van der Waals surface area contributed by atoms with Gasteiger partial charge in [-0.15, -0.1) is 0 Å². The minimum Gasteiger partial charge on any atom is -0.350 e. The fourth-order valence-electron chi connectivity index (χ4n) is 3.38. The standard InChI is InChI=1S/C20H19N3O2/c1-12-5-4-6-13-11-17(22-19(12)13)20(25)23-15-8-3-2-7-14(15)16-9-10-18(24)21-16/h2-8,11,16,22H,9-10H2,1H3,(H,21,24)(H,23,25). The minimum absolute atomic E-state index is 0.0473. The zero-order valence-corrected chi connectivity index (χ0v) is 13.9. The predicted octanol–water partition coefficient (Wildman–Crippen LogP) is 3.68. The van der Waals surface area contributed by atoms with E-state index in [1.54, 1.807) is 0 Å². The van der Waals surface area contributed by atoms with Crippen molar-refractivity contribution in [2.24, 2.45) is 0 Å². The van der Waals surface area contributed by atoms with E-state index >= 15 is 0 Å². The summed E-state index contributed by atoms with van der Waals surface area (Å²) in [6.45, 7) is 2.01. The molecule has 126 valence electrons. The Bertz CT molecular complexity index is 974. The van der Waals surface area contributed by atoms with Gasteiger partial charge in [-0.25, -0.2) is 0 Å². The summed E-state index contributed by atoms with van der Waals surface area (Å²) in [5, 5.41) is 6.95. The third kappa shape index (κ3) is 2.89. The maximum absolute atomic E-state index is 12.7. The first kappa shape index (κ1) is 15.4. The predicted molar refractivity (Wildman–Crippen MR) is 97.5 cm³/mol. The van der Waals surface area contributed by atoms with Crippen LogP contribution in [0.15, 0.2) is 48.5 Å². The Kier molecular flexibility index (Phi) is 3.76. The van der Waals surface area contributed by atoms with E-state index in [9.17, 15) is 9.59 Å². The van der Waals surface area contributed by atoms with Crippen molar-refractivity contribution in [3.05, 3.63) is 65.4 Å². The number of benzene rings is 2. The third-order valence-electron chi connectivity index (χ3n) is 4.69. The fraction of sp³-hybridized carbons (Fsp3) is 0.200. The lowest BCUT2D eigenvalue weighted by Gasteiger charge is -2.16. The van der Waals surface area contributed by atoms with Gasteiger partial charge in [-0.05, 0) is 36.6 Å². The zero-order valence-electron chi connectivity index (χ0n) is 13.9. The maximum atomic E-state index is 12.7. The lowest BCUT2D eigenvalue weighted by molar-refractivity contribution is -0.119. The Balaban J connectivity index is 1.62. The van der Waals surface area contributed by atoms with Crippen molar-refractivity contribution in [1.29, 1.82) is 0 Å². The van der Waals surface area contributed by atoms with Crippen LogP contribution < -0.4 is 10.6 Å². The zero-order chi connectivity index (χ0) is 17.4. The molecule has 2 aromatic carbocycles. The second-order valence-corrected chi connectivity index (χ2v) is 6.42. The van der Waals surface area contributed by atoms with Crippen LogP contribution in [-0.2, 0) is 4.79 Å². The van der Waals surface area contributed by atoms with Crippen LogP contribution in [0.25, 0.3) is 10.9 Å². The maximum Gasteiger partial charge on any atom is 0.272 e. The van der Waals surface area contributed by atoms with Crippen LogP contribution in [0.3, 0.4) is 0 Å². The number of aromatic nitrogens is 1. The summed E-state index contributed by atoms with van der Waals surface area (Å²) in [6.07, 6.45) is 1.27. The van der Waals surface area contributed by atoms with Crippen LogP contribution in [-0.4, -0.2) is 16.8 Å². The molecule has 0 spiro atoms. The van der Waals surface area contributed by atoms with Crippen LogP contribution in [0.4, 0.5) is 5.69 Å². The molecule has 2 amide bonds. The number of aryl methyl sites for hydroxylation is 1. The monoisotopic (exact) mass is 333 g/mol. The van der Waals surface area contributed by atoms with Crippen molar-refractivity contribution in [3.8, 4) is 0 Å². The summed E-state index contributed by atoms with van der Waals surface area (Å²) in [4.78, 5) is 27.4. The number of rotatable bonds is 3. The Hall–Kier alpha value is -3.08. The number of aromatic amines is 1. The Morgan fingerprint density at radius 2 is 2.00 bits per heavy atom. The second-order valence-electron chi connectivity index (χ2n) is 6.42. The number of carbonyl (C=O) groups is 2. The molecular weight excluding hydrogens is 314 g/mol. The molecular formula is C20H19N3O2. The van der Waals surface area contributed by atoms with Gasteiger partial charge in [0.05, 0.1) is 6.04 Å². The van der Waals surface area contributed by atoms with Crippen molar-refractivity contribution < 1.29 is 9.59 Å². The summed E-state index contributed by atoms with van der Waals surface area (Å²) >= 11 is 0. The summed E-state index contributed by atoms with van der Waals surface area (Å²) in [6, 6.07) is 15.4. The molecule has 0 bridgehead atoms. The van der Waals surface area contributed by atoms with Gasteiger partial charge < -0.3 is 15.6 Å². The number of amides is 2. The number of nitrogens with one attached hydrogen (secondary N) is 3. The van der Waals surface area contributed by atoms with E-state index in [1.165, 1.54) is 0 Å². The number of H-pyrrole nitrogens is 1. The van der Waals surface area contributed by atoms with Gasteiger partial charge in [0.1, 0.15) is 5.69 Å². The molecule has 5 heteroatoms. The highest BCUT2D eigenvalue weighted by Gasteiger charge is 2.25. The van der Waals surface area contributed by atoms with Gasteiger partial charge in [0.15, 0.2) is 0 Å². The van der Waals surface area contributed by atoms with Crippen molar-refractivity contribution in [3.63, 3.8) is 0 Å². The molecule has 2 heterocycles. The van der Waals surface area contributed by atoms with Crippen LogP contribution in [0.5, 0.6) is 0 Å². The first-order valence-corrected chi connectivity index (χ1v) is 8.40. The molecule has 1 aliphatic heterocycles. The number of para-hydroxylation sites is 2. The molecule has 1 fully saturated rings. The van der Waals surface area contributed by atoms with Gasteiger partial charge in [0.2, 0.25) is 5.91 Å². The van der Waals surface area contributed by atoms with Crippen molar-refractivity contribution >= 4 is 28.4 Å². The topological polar surface area (TPSA) is 74.0 Å². The number of carbonyl (C=O) groups excluding carboxylic acids is 2. The van der Waals surface area contributed by atoms with Crippen molar-refractivity contribution in [2.45, 2.75) is 25.8 Å². The van der Waals surface area contributed by atoms with Crippen molar-refractivity contribution in [2.75, 3.05) is 5.32 Å². The average Bonchev–Trinajstić information content (AvgIpc) is 3.22. The number of hydrogen-bond acceptors (Lipinski definition) is 2. The van der Waals surface area contributed by atoms with Crippen molar-refractivity contribution in [1.82, 2.24) is 10.3 Å². The van der Waals surface area contributed by atoms with Crippen LogP contribution >= 0.6 is 0 Å². The number of fused-ring (bicyclic) bond motifs is 1. The molecule has 0 radical (unpaired) electrons. The van der Waals surface area contributed by atoms with E-state index in [0.717, 1.165) is 34.1 Å². The Morgan fingerprint density at radius 1 is 1.16 bits per heavy atom. The van der Waals surface area contributed by atoms with E-state index in [0.29, 0.717) is 12.1 Å². The van der Waals surface area contributed by atoms with E-state index in [2.05, 4.69) is 15.6 Å². The Morgan fingerprint density at radius 3 is 2.76 bits per heavy atom. The van der Waals surface area contributed by atoms with Gasteiger partial charge in [-0.3, -0.25) is 9.59 Å². The highest BCUT2D eigenvalue weighted by Crippen LogP contribution is 2.30. The van der Waals surface area contributed by atoms with E-state index in [1.807, 2.05) is 55.5 Å². The van der Waals surface area contributed by atoms with Crippen LogP contribution in [0.1, 0.15) is 40.5 Å². The molecule has 3 N–H and O–H groups in total. The molecule has 1 saturated heterocycles. The largest absolute Gasteiger partial charge is 0.350 e. The van der Waals surface area contributed by atoms with Gasteiger partial charge >= 0.3 is 0 Å². The first-order valence-electron chi connectivity index (χ1n) is 8.40. The van der Waals surface area contributed by atoms with Gasteiger partial charge in [-0.2, -0.15) is 0 Å². The second kappa shape index (κ2) is 6.09. The minimum atomic E-state index is -0.188. The van der Waals surface area contributed by atoms with E-state index < -0.39 is 0 Å². The molecule has 1 atom stereocenters. The van der Waals surface area contributed by atoms with Crippen LogP contribution in [0.2, 0.25) is 0 Å². The molecule has 1 aromatic heterocycles. The smallest absolute Gasteiger partial charge is 0.272 e. The third-order valence-corrected chi connectivity index (χ3v) is 4.69. The molecule has 3 aromatic rings. The normalized spacial score (nSPS) is 16.8. The molecule has 1 unspecified atom stereocenters. The van der Waals surface area contributed by atoms with E-state index in [-0.39, 0.29) is 17.9 Å². The molecule has 0 aliphatic carbocycles. The molecule has 5 nitrogen and oxygen atoms in total. The number of hydrogen-bond donors (Lipinski definition) is 3. The summed E-state index contributed by atoms with van der Waals surface area (Å²) in [5.41, 5.74) is 4.27. The summed E-state index contributed by atoms with van der Waals surface area (Å²) in [7, 11) is 0. The molecule has 4 rings (SSSR count). The highest BCUT2D eigenvalue weighted by molar-refractivity contribution is 6.06. The lowest BCUT2D eigenvalue weighted by atomic mass is 10.0. The molecule has 1 aliphatic rings. The van der Waals surface area contributed by atoms with Crippen LogP contribution in [0, 0.1) is 6.92 Å². The van der Waals surface area contributed by atoms with Gasteiger partial charge in [-0.1, -0.05) is 36.4 Å². The van der Waals surface area contributed by atoms with Gasteiger partial charge in [0, 0.05) is 23.0 Å². The highest BCUT2D eigenvalue weighted by atomic mass is 16.2. The molecule has 25 heavy (non-hydrogen) atoms. The van der Waals surface area contributed by atoms with E-state index in [4.69, 9.17) is 0 Å². The Labute approximate surface area is 145 Å².